The predicted molar refractivity (Wildman–Crippen MR) is 26.7 cm³/mol. The van der Waals surface area contributed by atoms with Crippen molar-refractivity contribution in [1.82, 2.24) is 0 Å². The van der Waals surface area contributed by atoms with Crippen LogP contribution in [0.3, 0.4) is 0 Å². The third-order valence-corrected chi connectivity index (χ3v) is 0. The van der Waals surface area contributed by atoms with Gasteiger partial charge in [-0.25, -0.2) is 0 Å². The Labute approximate surface area is 53.2 Å². The molecule has 0 nitrogen and oxygen atoms in total. The molecule has 0 aromatic rings. The fourth-order valence-electron chi connectivity index (χ4n) is 0. The third-order valence-electron chi connectivity index (χ3n) is 0. The Morgan fingerprint density at radius 3 is 1.00 bits per heavy atom. The zero-order valence-electron chi connectivity index (χ0n) is 4.95. The maximum atomic E-state index is 2.08. The first-order valence-corrected chi connectivity index (χ1v) is 1.50. The van der Waals surface area contributed by atoms with E-state index in [1.54, 1.807) is 0 Å². The average molecular weight is 123 g/mol. The smallest absolute Gasteiger partial charge is 0.358 e. The van der Waals surface area contributed by atoms with Gasteiger partial charge in [0, 0.05) is 0 Å². The van der Waals surface area contributed by atoms with Gasteiger partial charge in [-0.3, -0.25) is 0 Å². The maximum absolute atomic E-state index is 2.08. The van der Waals surface area contributed by atoms with Crippen LogP contribution in [-0.2, 0) is 18.6 Å². The van der Waals surface area contributed by atoms with Crippen LogP contribution in [0.2, 0.25) is 0 Å². The Kier molecular flexibility index (Phi) is 24.3. The van der Waals surface area contributed by atoms with Crippen LogP contribution in [0.15, 0.2) is 0 Å². The first-order valence-electron chi connectivity index (χ1n) is 1.50. The van der Waals surface area contributed by atoms with Gasteiger partial charge in [-0.2, -0.15) is 20.8 Å². The van der Waals surface area contributed by atoms with E-state index >= 15 is 0 Å². The van der Waals surface area contributed by atoms with Crippen molar-refractivity contribution in [3.05, 3.63) is 13.3 Å². The Balaban J connectivity index is -0.0000000450. The van der Waals surface area contributed by atoms with E-state index in [-0.39, 0.29) is 26.0 Å². The van der Waals surface area contributed by atoms with Crippen LogP contribution in [0.4, 0.5) is 0 Å². The summed E-state index contributed by atoms with van der Waals surface area (Å²) < 4.78 is 0. The largest absolute Gasteiger partial charge is 2.00 e. The number of hydrogen-bond donors (Lipinski definition) is 0. The summed E-state index contributed by atoms with van der Waals surface area (Å²) in [6, 6.07) is 0. The minimum atomic E-state index is 0. The molecule has 0 saturated carbocycles. The molecular weight excluding hydrogens is 111 g/mol. The van der Waals surface area contributed by atoms with Crippen molar-refractivity contribution in [2.45, 2.75) is 20.8 Å². The number of hydrogen-bond acceptors (Lipinski definition) is 0. The molecular formula is C5H12V. The van der Waals surface area contributed by atoms with Gasteiger partial charge in [-0.05, 0) is 0 Å². The van der Waals surface area contributed by atoms with Gasteiger partial charge >= 0.3 is 18.6 Å². The summed E-state index contributed by atoms with van der Waals surface area (Å²) in [5, 5.41) is 0. The van der Waals surface area contributed by atoms with Crippen LogP contribution in [-0.4, -0.2) is 0 Å². The summed E-state index contributed by atoms with van der Waals surface area (Å²) in [7, 11) is 0. The Morgan fingerprint density at radius 2 is 1.00 bits per heavy atom. The van der Waals surface area contributed by atoms with Crippen LogP contribution in [0, 0.1) is 13.3 Å². The minimum Gasteiger partial charge on any atom is -0.358 e. The molecule has 0 bridgehead atoms. The summed E-state index contributed by atoms with van der Waals surface area (Å²) in [4.78, 5) is 0. The molecule has 0 aliphatic rings. The molecule has 1 radical (unpaired) electrons. The molecule has 0 saturated heterocycles. The molecule has 0 amide bonds. The zero-order valence-corrected chi connectivity index (χ0v) is 6.34. The topological polar surface area (TPSA) is 0 Å². The second kappa shape index (κ2) is 9.14. The van der Waals surface area contributed by atoms with Crippen molar-refractivity contribution in [2.75, 3.05) is 0 Å². The van der Waals surface area contributed by atoms with E-state index in [2.05, 4.69) is 20.8 Å². The van der Waals surface area contributed by atoms with Crippen molar-refractivity contribution in [1.29, 1.82) is 0 Å². The van der Waals surface area contributed by atoms with Gasteiger partial charge in [0.2, 0.25) is 0 Å². The fraction of sp³-hybridized carbons (Fsp3) is 0.600. The van der Waals surface area contributed by atoms with Gasteiger partial charge < -0.3 is 13.3 Å². The van der Waals surface area contributed by atoms with Gasteiger partial charge in [0.1, 0.15) is 0 Å². The maximum Gasteiger partial charge on any atom is 2.00 e. The van der Waals surface area contributed by atoms with E-state index in [0.717, 1.165) is 0 Å². The fourth-order valence-corrected chi connectivity index (χ4v) is 0. The standard InChI is InChI=1S/C4H9.CH3.V/c1-4(2)3;;/h1-3H3;1H3;/q2*-1;+2. The van der Waals surface area contributed by atoms with Crippen molar-refractivity contribution in [3.8, 4) is 0 Å². The van der Waals surface area contributed by atoms with Gasteiger partial charge in [-0.1, -0.05) is 0 Å². The van der Waals surface area contributed by atoms with Crippen LogP contribution in [0.5, 0.6) is 0 Å². The van der Waals surface area contributed by atoms with Crippen LogP contribution in [0.1, 0.15) is 20.8 Å². The third kappa shape index (κ3) is 172. The van der Waals surface area contributed by atoms with Crippen molar-refractivity contribution in [3.63, 3.8) is 0 Å². The van der Waals surface area contributed by atoms with E-state index in [4.69, 9.17) is 0 Å². The molecule has 0 aromatic heterocycles. The molecule has 6 heavy (non-hydrogen) atoms. The summed E-state index contributed by atoms with van der Waals surface area (Å²) in [6.07, 6.45) is 0. The molecule has 0 heterocycles. The predicted octanol–water partition coefficient (Wildman–Crippen LogP) is 2.07. The summed E-state index contributed by atoms with van der Waals surface area (Å²) in [5.74, 6) is 1.42. The summed E-state index contributed by atoms with van der Waals surface area (Å²) in [6.45, 7) is 6.25. The Bertz CT molecular complexity index is 8.66. The van der Waals surface area contributed by atoms with Crippen LogP contribution in [0.25, 0.3) is 0 Å². The second-order valence-electron chi connectivity index (χ2n) is 1.50. The molecule has 0 N–H and O–H groups in total. The summed E-state index contributed by atoms with van der Waals surface area (Å²) >= 11 is 0. The average Bonchev–Trinajstić information content (AvgIpc) is 0.811. The Morgan fingerprint density at radius 1 is 1.00 bits per heavy atom. The molecule has 0 aliphatic heterocycles. The quantitative estimate of drug-likeness (QED) is 0.432. The molecule has 1 heteroatoms. The first-order chi connectivity index (χ1) is 1.73. The van der Waals surface area contributed by atoms with Gasteiger partial charge in [0.25, 0.3) is 0 Å². The van der Waals surface area contributed by atoms with Gasteiger partial charge in [-0.15, -0.1) is 0 Å². The zero-order chi connectivity index (χ0) is 3.58. The van der Waals surface area contributed by atoms with E-state index in [1.807, 2.05) is 0 Å². The molecule has 0 aromatic carbocycles. The molecule has 0 fully saturated rings. The number of rotatable bonds is 0. The normalized spacial score (nSPS) is 6.00. The Hall–Kier alpha value is 0.584. The molecule has 0 atom stereocenters. The minimum absolute atomic E-state index is 0. The molecule has 37 valence electrons. The molecule has 0 rings (SSSR count). The van der Waals surface area contributed by atoms with Crippen molar-refractivity contribution >= 4 is 0 Å². The molecule has 0 spiro atoms. The van der Waals surface area contributed by atoms with Crippen LogP contribution >= 0.6 is 0 Å². The van der Waals surface area contributed by atoms with E-state index in [9.17, 15) is 0 Å². The second-order valence-corrected chi connectivity index (χ2v) is 1.50. The summed E-state index contributed by atoms with van der Waals surface area (Å²) in [5.41, 5.74) is 0. The van der Waals surface area contributed by atoms with Gasteiger partial charge in [0.15, 0.2) is 0 Å². The van der Waals surface area contributed by atoms with Gasteiger partial charge in [0.05, 0.1) is 0 Å². The monoisotopic (exact) mass is 123 g/mol. The van der Waals surface area contributed by atoms with E-state index in [1.165, 1.54) is 5.92 Å². The SMILES string of the molecule is C[C-](C)C.[CH3-].[V+2]. The molecule has 0 aliphatic carbocycles. The van der Waals surface area contributed by atoms with E-state index < -0.39 is 0 Å². The van der Waals surface area contributed by atoms with Crippen LogP contribution < -0.4 is 0 Å². The van der Waals surface area contributed by atoms with E-state index in [0.29, 0.717) is 0 Å². The molecule has 0 unspecified atom stereocenters. The van der Waals surface area contributed by atoms with Crippen molar-refractivity contribution < 1.29 is 18.6 Å². The first kappa shape index (κ1) is 16.0. The van der Waals surface area contributed by atoms with Crippen molar-refractivity contribution in [2.24, 2.45) is 0 Å².